The normalized spacial score (nSPS) is 11.3. The molecule has 1 amide bonds. The molecule has 3 aromatic rings. The van der Waals surface area contributed by atoms with E-state index < -0.39 is 0 Å². The number of halogens is 1. The van der Waals surface area contributed by atoms with Crippen LogP contribution in [0.1, 0.15) is 25.8 Å². The highest BCUT2D eigenvalue weighted by Gasteiger charge is 2.11. The Hall–Kier alpha value is -3.21. The summed E-state index contributed by atoms with van der Waals surface area (Å²) < 4.78 is 15.1. The summed E-state index contributed by atoms with van der Waals surface area (Å²) in [4.78, 5) is 12.1. The number of aromatic nitrogens is 2. The van der Waals surface area contributed by atoms with Crippen LogP contribution in [-0.2, 0) is 4.79 Å². The molecule has 0 bridgehead atoms. The summed E-state index contributed by atoms with van der Waals surface area (Å²) in [7, 11) is 0. The van der Waals surface area contributed by atoms with Gasteiger partial charge in [0.05, 0.1) is 11.4 Å². The molecular formula is C23H24FN3O. The van der Waals surface area contributed by atoms with Crippen molar-refractivity contribution in [1.82, 2.24) is 15.1 Å². The highest BCUT2D eigenvalue weighted by molar-refractivity contribution is 5.92. The molecule has 0 radical (unpaired) electrons. The van der Waals surface area contributed by atoms with Crippen LogP contribution in [0, 0.1) is 11.7 Å². The quantitative estimate of drug-likeness (QED) is 0.598. The van der Waals surface area contributed by atoms with Gasteiger partial charge in [-0.2, -0.15) is 5.10 Å². The maximum atomic E-state index is 13.3. The average molecular weight is 377 g/mol. The number of hydrogen-bond donors (Lipinski definition) is 1. The fraction of sp³-hybridized carbons (Fsp3) is 0.217. The van der Waals surface area contributed by atoms with E-state index in [2.05, 4.69) is 24.3 Å². The van der Waals surface area contributed by atoms with Crippen LogP contribution in [-0.4, -0.2) is 22.2 Å². The predicted octanol–water partition coefficient (Wildman–Crippen LogP) is 4.85. The number of carbonyl (C=O) groups is 1. The molecule has 28 heavy (non-hydrogen) atoms. The van der Waals surface area contributed by atoms with E-state index in [-0.39, 0.29) is 11.7 Å². The summed E-state index contributed by atoms with van der Waals surface area (Å²) in [5.74, 6) is 0.101. The lowest BCUT2D eigenvalue weighted by molar-refractivity contribution is -0.116. The van der Waals surface area contributed by atoms with Gasteiger partial charge in [-0.05, 0) is 54.8 Å². The number of para-hydroxylation sites is 1. The third-order valence-corrected chi connectivity index (χ3v) is 4.32. The Kier molecular flexibility index (Phi) is 6.37. The van der Waals surface area contributed by atoms with E-state index in [4.69, 9.17) is 0 Å². The molecule has 0 atom stereocenters. The molecule has 1 heterocycles. The third-order valence-electron chi connectivity index (χ3n) is 4.32. The summed E-state index contributed by atoms with van der Waals surface area (Å²) in [6, 6.07) is 15.9. The van der Waals surface area contributed by atoms with E-state index in [0.717, 1.165) is 23.2 Å². The Morgan fingerprint density at radius 1 is 1.14 bits per heavy atom. The van der Waals surface area contributed by atoms with Crippen molar-refractivity contribution in [2.45, 2.75) is 20.3 Å². The van der Waals surface area contributed by atoms with Gasteiger partial charge >= 0.3 is 0 Å². The van der Waals surface area contributed by atoms with E-state index in [0.29, 0.717) is 18.2 Å². The highest BCUT2D eigenvalue weighted by Crippen LogP contribution is 2.25. The van der Waals surface area contributed by atoms with Gasteiger partial charge in [0, 0.05) is 29.9 Å². The van der Waals surface area contributed by atoms with Gasteiger partial charge in [0.2, 0.25) is 5.91 Å². The van der Waals surface area contributed by atoms with Gasteiger partial charge in [0.25, 0.3) is 0 Å². The number of nitrogens with zero attached hydrogens (tertiary/aromatic N) is 2. The van der Waals surface area contributed by atoms with Crippen LogP contribution >= 0.6 is 0 Å². The third kappa shape index (κ3) is 5.16. The molecule has 0 saturated carbocycles. The predicted molar refractivity (Wildman–Crippen MR) is 110 cm³/mol. The summed E-state index contributed by atoms with van der Waals surface area (Å²) in [5.41, 5.74) is 3.17. The van der Waals surface area contributed by atoms with Crippen LogP contribution in [0.5, 0.6) is 0 Å². The molecule has 0 unspecified atom stereocenters. The van der Waals surface area contributed by atoms with Crippen LogP contribution < -0.4 is 5.32 Å². The first-order chi connectivity index (χ1) is 13.5. The van der Waals surface area contributed by atoms with Gasteiger partial charge in [-0.15, -0.1) is 0 Å². The van der Waals surface area contributed by atoms with E-state index in [1.54, 1.807) is 22.9 Å². The lowest BCUT2D eigenvalue weighted by Crippen LogP contribution is -2.23. The van der Waals surface area contributed by atoms with Gasteiger partial charge in [-0.25, -0.2) is 9.07 Å². The van der Waals surface area contributed by atoms with Crippen LogP contribution in [0.15, 0.2) is 66.9 Å². The monoisotopic (exact) mass is 377 g/mol. The molecule has 1 aromatic heterocycles. The first-order valence-electron chi connectivity index (χ1n) is 9.40. The second kappa shape index (κ2) is 9.13. The van der Waals surface area contributed by atoms with Crippen molar-refractivity contribution >= 4 is 12.0 Å². The minimum Gasteiger partial charge on any atom is -0.353 e. The molecule has 1 N–H and O–H groups in total. The Balaban J connectivity index is 1.87. The Morgan fingerprint density at radius 3 is 2.54 bits per heavy atom. The first kappa shape index (κ1) is 19.5. The number of carbonyl (C=O) groups excluding carboxylic acids is 1. The second-order valence-electron chi connectivity index (χ2n) is 7.03. The van der Waals surface area contributed by atoms with Crippen LogP contribution in [0.25, 0.3) is 23.0 Å². The topological polar surface area (TPSA) is 46.9 Å². The minimum atomic E-state index is -0.298. The van der Waals surface area contributed by atoms with Gasteiger partial charge in [0.15, 0.2) is 0 Å². The summed E-state index contributed by atoms with van der Waals surface area (Å²) >= 11 is 0. The zero-order chi connectivity index (χ0) is 19.9. The van der Waals surface area contributed by atoms with Crippen LogP contribution in [0.4, 0.5) is 4.39 Å². The first-order valence-corrected chi connectivity index (χ1v) is 9.40. The van der Waals surface area contributed by atoms with Crippen molar-refractivity contribution in [1.29, 1.82) is 0 Å². The standard InChI is InChI=1S/C23H24FN3O/c1-17(2)14-15-25-22(28)13-10-19-16-27(21-6-4-3-5-7-21)26-23(19)18-8-11-20(24)12-9-18/h3-13,16-17H,14-15H2,1-2H3,(H,25,28)/b13-10+. The summed E-state index contributed by atoms with van der Waals surface area (Å²) in [6.07, 6.45) is 6.06. The van der Waals surface area contributed by atoms with Crippen molar-refractivity contribution in [2.24, 2.45) is 5.92 Å². The Labute approximate surface area is 164 Å². The molecule has 3 rings (SSSR count). The SMILES string of the molecule is CC(C)CCNC(=O)/C=C/c1cn(-c2ccccc2)nc1-c1ccc(F)cc1. The minimum absolute atomic E-state index is 0.141. The van der Waals surface area contributed by atoms with Crippen molar-refractivity contribution < 1.29 is 9.18 Å². The zero-order valence-corrected chi connectivity index (χ0v) is 16.1. The zero-order valence-electron chi connectivity index (χ0n) is 16.1. The highest BCUT2D eigenvalue weighted by atomic mass is 19.1. The molecule has 0 saturated heterocycles. The molecule has 4 nitrogen and oxygen atoms in total. The number of nitrogens with one attached hydrogen (secondary N) is 1. The number of amides is 1. The lowest BCUT2D eigenvalue weighted by atomic mass is 10.1. The van der Waals surface area contributed by atoms with Gasteiger partial charge < -0.3 is 5.32 Å². The number of benzene rings is 2. The van der Waals surface area contributed by atoms with Gasteiger partial charge in [-0.1, -0.05) is 32.0 Å². The van der Waals surface area contributed by atoms with Crippen molar-refractivity contribution in [3.8, 4) is 16.9 Å². The molecule has 0 aliphatic carbocycles. The average Bonchev–Trinajstić information content (AvgIpc) is 3.12. The molecule has 2 aromatic carbocycles. The smallest absolute Gasteiger partial charge is 0.244 e. The van der Waals surface area contributed by atoms with E-state index >= 15 is 0 Å². The van der Waals surface area contributed by atoms with Gasteiger partial charge in [-0.3, -0.25) is 4.79 Å². The van der Waals surface area contributed by atoms with E-state index in [1.807, 2.05) is 36.5 Å². The van der Waals surface area contributed by atoms with Crippen molar-refractivity contribution in [2.75, 3.05) is 6.54 Å². The van der Waals surface area contributed by atoms with E-state index in [1.165, 1.54) is 18.2 Å². The summed E-state index contributed by atoms with van der Waals surface area (Å²) in [6.45, 7) is 4.89. The molecular weight excluding hydrogens is 353 g/mol. The largest absolute Gasteiger partial charge is 0.353 e. The number of hydrogen-bond acceptors (Lipinski definition) is 2. The van der Waals surface area contributed by atoms with Gasteiger partial charge in [0.1, 0.15) is 5.82 Å². The lowest BCUT2D eigenvalue weighted by Gasteiger charge is -2.04. The molecule has 0 aliphatic rings. The van der Waals surface area contributed by atoms with Crippen LogP contribution in [0.2, 0.25) is 0 Å². The number of rotatable bonds is 7. The van der Waals surface area contributed by atoms with Crippen molar-refractivity contribution in [3.63, 3.8) is 0 Å². The molecule has 144 valence electrons. The molecule has 5 heteroatoms. The maximum absolute atomic E-state index is 13.3. The van der Waals surface area contributed by atoms with Crippen molar-refractivity contribution in [3.05, 3.63) is 78.3 Å². The fourth-order valence-electron chi connectivity index (χ4n) is 2.76. The molecule has 0 fully saturated rings. The Bertz CT molecular complexity index is 944. The molecule has 0 aliphatic heterocycles. The molecule has 0 spiro atoms. The van der Waals surface area contributed by atoms with E-state index in [9.17, 15) is 9.18 Å². The second-order valence-corrected chi connectivity index (χ2v) is 7.03. The summed E-state index contributed by atoms with van der Waals surface area (Å²) in [5, 5.41) is 7.54. The fourth-order valence-corrected chi connectivity index (χ4v) is 2.76. The Morgan fingerprint density at radius 2 is 1.86 bits per heavy atom. The van der Waals surface area contributed by atoms with Crippen LogP contribution in [0.3, 0.4) is 0 Å². The maximum Gasteiger partial charge on any atom is 0.244 e.